The number of carbonyl (C=O) groups is 2. The molecule has 4 rings (SSSR count). The van der Waals surface area contributed by atoms with Gasteiger partial charge in [0.1, 0.15) is 0 Å². The van der Waals surface area contributed by atoms with Gasteiger partial charge in [0.15, 0.2) is 0 Å². The molecule has 1 atom stereocenters. The maximum absolute atomic E-state index is 12.6. The molecule has 1 aliphatic heterocycles. The molecule has 2 heterocycles. The van der Waals surface area contributed by atoms with Gasteiger partial charge in [-0.05, 0) is 73.5 Å². The summed E-state index contributed by atoms with van der Waals surface area (Å²) in [6, 6.07) is 21.9. The van der Waals surface area contributed by atoms with Crippen LogP contribution in [0.1, 0.15) is 34.5 Å². The average Bonchev–Trinajstić information content (AvgIpc) is 3.47. The second-order valence-electron chi connectivity index (χ2n) is 7.85. The van der Waals surface area contributed by atoms with Crippen LogP contribution in [-0.4, -0.2) is 35.8 Å². The number of benzene rings is 2. The maximum Gasteiger partial charge on any atom is 0.265 e. The average molecular weight is 434 g/mol. The molecule has 2 aromatic carbocycles. The maximum atomic E-state index is 12.6. The summed E-state index contributed by atoms with van der Waals surface area (Å²) in [4.78, 5) is 27.7. The Morgan fingerprint density at radius 2 is 1.68 bits per heavy atom. The van der Waals surface area contributed by atoms with E-state index in [9.17, 15) is 9.59 Å². The highest BCUT2D eigenvalue weighted by Crippen LogP contribution is 2.22. The number of anilines is 2. The molecule has 1 aromatic heterocycles. The molecule has 31 heavy (non-hydrogen) atoms. The molecule has 1 saturated heterocycles. The van der Waals surface area contributed by atoms with Crippen molar-refractivity contribution in [3.63, 3.8) is 0 Å². The molecule has 5 nitrogen and oxygen atoms in total. The number of hydrogen-bond acceptors (Lipinski definition) is 4. The van der Waals surface area contributed by atoms with Crippen molar-refractivity contribution in [3.8, 4) is 0 Å². The predicted molar refractivity (Wildman–Crippen MR) is 127 cm³/mol. The van der Waals surface area contributed by atoms with E-state index < -0.39 is 0 Å². The van der Waals surface area contributed by atoms with E-state index in [4.69, 9.17) is 0 Å². The minimum Gasteiger partial charge on any atom is -0.325 e. The molecule has 1 unspecified atom stereocenters. The van der Waals surface area contributed by atoms with Crippen LogP contribution in [0.2, 0.25) is 0 Å². The van der Waals surface area contributed by atoms with Crippen molar-refractivity contribution < 1.29 is 9.59 Å². The first kappa shape index (κ1) is 21.3. The zero-order valence-electron chi connectivity index (χ0n) is 17.4. The molecule has 1 fully saturated rings. The number of hydrogen-bond donors (Lipinski definition) is 2. The molecule has 0 radical (unpaired) electrons. The Labute approximate surface area is 187 Å². The molecule has 2 N–H and O–H groups in total. The minimum atomic E-state index is -0.123. The van der Waals surface area contributed by atoms with Crippen LogP contribution in [0.15, 0.2) is 72.1 Å². The van der Waals surface area contributed by atoms with Gasteiger partial charge >= 0.3 is 0 Å². The molecule has 2 amide bonds. The lowest BCUT2D eigenvalue weighted by Crippen LogP contribution is -2.37. The normalized spacial score (nSPS) is 16.2. The molecular formula is C25H27N3O2S. The summed E-state index contributed by atoms with van der Waals surface area (Å²) in [5.74, 6) is -0.121. The van der Waals surface area contributed by atoms with Crippen LogP contribution in [0.5, 0.6) is 0 Å². The van der Waals surface area contributed by atoms with Crippen molar-refractivity contribution in [2.24, 2.45) is 0 Å². The lowest BCUT2D eigenvalue weighted by molar-refractivity contribution is -0.117. The molecule has 6 heteroatoms. The van der Waals surface area contributed by atoms with Gasteiger partial charge in [0, 0.05) is 17.4 Å². The second-order valence-corrected chi connectivity index (χ2v) is 8.80. The quantitative estimate of drug-likeness (QED) is 0.523. The Kier molecular flexibility index (Phi) is 7.12. The van der Waals surface area contributed by atoms with Crippen molar-refractivity contribution in [2.75, 3.05) is 23.7 Å². The fraction of sp³-hybridized carbons (Fsp3) is 0.280. The molecular weight excluding hydrogens is 406 g/mol. The summed E-state index contributed by atoms with van der Waals surface area (Å²) < 4.78 is 0. The van der Waals surface area contributed by atoms with E-state index in [2.05, 4.69) is 39.8 Å². The van der Waals surface area contributed by atoms with E-state index in [1.54, 1.807) is 18.2 Å². The highest BCUT2D eigenvalue weighted by atomic mass is 32.1. The Hall–Kier alpha value is -2.96. The summed E-state index contributed by atoms with van der Waals surface area (Å²) in [5, 5.41) is 7.72. The molecule has 0 saturated carbocycles. The van der Waals surface area contributed by atoms with Gasteiger partial charge in [0.25, 0.3) is 5.91 Å². The first-order chi connectivity index (χ1) is 15.2. The number of nitrogens with one attached hydrogen (secondary N) is 2. The predicted octanol–water partition coefficient (Wildman–Crippen LogP) is 5.04. The third kappa shape index (κ3) is 6.03. The summed E-state index contributed by atoms with van der Waals surface area (Å²) in [7, 11) is 0. The number of carbonyl (C=O) groups excluding carboxylic acids is 2. The van der Waals surface area contributed by atoms with Crippen LogP contribution in [0.25, 0.3) is 0 Å². The number of aryl methyl sites for hydroxylation is 1. The smallest absolute Gasteiger partial charge is 0.265 e. The zero-order chi connectivity index (χ0) is 21.5. The first-order valence-electron chi connectivity index (χ1n) is 10.7. The molecule has 1 aliphatic rings. The number of amides is 2. The van der Waals surface area contributed by atoms with Crippen LogP contribution in [-0.2, 0) is 11.2 Å². The van der Waals surface area contributed by atoms with Gasteiger partial charge in [-0.3, -0.25) is 14.5 Å². The van der Waals surface area contributed by atoms with Crippen LogP contribution >= 0.6 is 11.3 Å². The van der Waals surface area contributed by atoms with Gasteiger partial charge < -0.3 is 10.6 Å². The van der Waals surface area contributed by atoms with E-state index in [1.165, 1.54) is 16.9 Å². The zero-order valence-corrected chi connectivity index (χ0v) is 18.2. The SMILES string of the molecule is O=C(CN1CCCC1CCc1ccccc1)Nc1ccc(NC(=O)c2cccs2)cc1. The fourth-order valence-corrected chi connectivity index (χ4v) is 4.65. The number of thiophene rings is 1. The van der Waals surface area contributed by atoms with Crippen LogP contribution in [0.4, 0.5) is 11.4 Å². The lowest BCUT2D eigenvalue weighted by Gasteiger charge is -2.24. The van der Waals surface area contributed by atoms with Crippen LogP contribution < -0.4 is 10.6 Å². The Bertz CT molecular complexity index is 987. The Morgan fingerprint density at radius 3 is 2.39 bits per heavy atom. The van der Waals surface area contributed by atoms with Gasteiger partial charge in [-0.25, -0.2) is 0 Å². The van der Waals surface area contributed by atoms with Gasteiger partial charge in [0.2, 0.25) is 5.91 Å². The van der Waals surface area contributed by atoms with Crippen molar-refractivity contribution >= 4 is 34.5 Å². The monoisotopic (exact) mass is 433 g/mol. The fourth-order valence-electron chi connectivity index (χ4n) is 4.03. The van der Waals surface area contributed by atoms with Crippen molar-refractivity contribution in [1.29, 1.82) is 0 Å². The summed E-state index contributed by atoms with van der Waals surface area (Å²) in [5.41, 5.74) is 2.79. The van der Waals surface area contributed by atoms with E-state index >= 15 is 0 Å². The van der Waals surface area contributed by atoms with Crippen LogP contribution in [0, 0.1) is 0 Å². The Balaban J connectivity index is 1.25. The van der Waals surface area contributed by atoms with Gasteiger partial charge in [-0.15, -0.1) is 11.3 Å². The van der Waals surface area contributed by atoms with E-state index in [-0.39, 0.29) is 11.8 Å². The van der Waals surface area contributed by atoms with Gasteiger partial charge in [-0.2, -0.15) is 0 Å². The third-order valence-electron chi connectivity index (χ3n) is 5.63. The molecule has 160 valence electrons. The molecule has 3 aromatic rings. The van der Waals surface area contributed by atoms with Gasteiger partial charge in [0.05, 0.1) is 11.4 Å². The topological polar surface area (TPSA) is 61.4 Å². The summed E-state index contributed by atoms with van der Waals surface area (Å²) >= 11 is 1.41. The number of likely N-dealkylation sites (tertiary alicyclic amines) is 1. The largest absolute Gasteiger partial charge is 0.325 e. The highest BCUT2D eigenvalue weighted by Gasteiger charge is 2.25. The molecule has 0 aliphatic carbocycles. The van der Waals surface area contributed by atoms with E-state index in [0.717, 1.165) is 37.9 Å². The van der Waals surface area contributed by atoms with Crippen molar-refractivity contribution in [2.45, 2.75) is 31.7 Å². The minimum absolute atomic E-state index is 0.00184. The van der Waals surface area contributed by atoms with Crippen molar-refractivity contribution in [1.82, 2.24) is 4.90 Å². The third-order valence-corrected chi connectivity index (χ3v) is 6.49. The van der Waals surface area contributed by atoms with E-state index in [1.807, 2.05) is 29.6 Å². The Morgan fingerprint density at radius 1 is 0.935 bits per heavy atom. The number of nitrogens with zero attached hydrogens (tertiary/aromatic N) is 1. The number of rotatable bonds is 8. The van der Waals surface area contributed by atoms with Crippen molar-refractivity contribution in [3.05, 3.63) is 82.6 Å². The van der Waals surface area contributed by atoms with Gasteiger partial charge in [-0.1, -0.05) is 36.4 Å². The lowest BCUT2D eigenvalue weighted by atomic mass is 10.0. The van der Waals surface area contributed by atoms with Crippen LogP contribution in [0.3, 0.4) is 0 Å². The standard InChI is InChI=1S/C25H27N3O2S/c29-24(18-28-16-4-8-22(28)15-10-19-6-2-1-3-7-19)26-20-11-13-21(14-12-20)27-25(30)23-9-5-17-31-23/h1-3,5-7,9,11-14,17,22H,4,8,10,15-16,18H2,(H,26,29)(H,27,30). The second kappa shape index (κ2) is 10.4. The summed E-state index contributed by atoms with van der Waals surface area (Å²) in [6.45, 7) is 1.39. The molecule has 0 bridgehead atoms. The first-order valence-corrected chi connectivity index (χ1v) is 11.6. The molecule has 0 spiro atoms. The van der Waals surface area contributed by atoms with E-state index in [0.29, 0.717) is 23.2 Å². The highest BCUT2D eigenvalue weighted by molar-refractivity contribution is 7.12. The summed E-state index contributed by atoms with van der Waals surface area (Å²) in [6.07, 6.45) is 4.42.